The van der Waals surface area contributed by atoms with Gasteiger partial charge < -0.3 is 16.2 Å². The number of hydrogen-bond donors (Lipinski definition) is 2. The van der Waals surface area contributed by atoms with Crippen LogP contribution in [0.25, 0.3) is 11.1 Å². The average Bonchev–Trinajstić information content (AvgIpc) is 2.53. The molecule has 0 aliphatic carbocycles. The molecule has 0 heterocycles. The van der Waals surface area contributed by atoms with Crippen LogP contribution in [-0.4, -0.2) is 18.4 Å². The van der Waals surface area contributed by atoms with E-state index in [4.69, 9.17) is 16.2 Å². The number of amides is 2. The van der Waals surface area contributed by atoms with Gasteiger partial charge in [0.2, 0.25) is 11.8 Å². The molecule has 0 bridgehead atoms. The van der Waals surface area contributed by atoms with Gasteiger partial charge in [0.25, 0.3) is 0 Å². The minimum atomic E-state index is -0.705. The van der Waals surface area contributed by atoms with Crippen molar-refractivity contribution >= 4 is 11.8 Å². The van der Waals surface area contributed by atoms with E-state index < -0.39 is 17.6 Å². The second kappa shape index (κ2) is 6.91. The van der Waals surface area contributed by atoms with Gasteiger partial charge in [0, 0.05) is 16.7 Å². The summed E-state index contributed by atoms with van der Waals surface area (Å²) in [5.41, 5.74) is 11.7. The summed E-state index contributed by atoms with van der Waals surface area (Å²) in [4.78, 5) is 23.3. The van der Waals surface area contributed by atoms with Gasteiger partial charge in [-0.2, -0.15) is 0 Å². The van der Waals surface area contributed by atoms with Crippen molar-refractivity contribution in [3.63, 3.8) is 0 Å². The first-order valence-corrected chi connectivity index (χ1v) is 7.11. The predicted molar refractivity (Wildman–Crippen MR) is 84.7 cm³/mol. The maximum absolute atomic E-state index is 13.8. The highest BCUT2D eigenvalue weighted by molar-refractivity contribution is 6.08. The standard InChI is InChI=1S/C17H17FN2O3/c1-2-8-23-14-9-10(6-7-13(14)18)15-11(16(19)21)4-3-5-12(15)17(20)22/h3-7,9H,2,8H2,1H3,(H2,19,21)(H2,20,22). The molecule has 0 fully saturated rings. The summed E-state index contributed by atoms with van der Waals surface area (Å²) in [6.07, 6.45) is 0.716. The zero-order chi connectivity index (χ0) is 17.0. The van der Waals surface area contributed by atoms with Crippen LogP contribution < -0.4 is 16.2 Å². The molecule has 23 heavy (non-hydrogen) atoms. The molecule has 0 atom stereocenters. The SMILES string of the molecule is CCCOc1cc(-c2c(C(N)=O)cccc2C(N)=O)ccc1F. The van der Waals surface area contributed by atoms with Crippen LogP contribution in [-0.2, 0) is 0 Å². The Morgan fingerprint density at radius 1 is 1.09 bits per heavy atom. The highest BCUT2D eigenvalue weighted by atomic mass is 19.1. The van der Waals surface area contributed by atoms with Crippen molar-refractivity contribution in [2.45, 2.75) is 13.3 Å². The second-order valence-electron chi connectivity index (χ2n) is 4.95. The first-order chi connectivity index (χ1) is 11.0. The number of rotatable bonds is 6. The van der Waals surface area contributed by atoms with Crippen molar-refractivity contribution in [2.24, 2.45) is 11.5 Å². The van der Waals surface area contributed by atoms with Crippen molar-refractivity contribution in [1.82, 2.24) is 0 Å². The van der Waals surface area contributed by atoms with Gasteiger partial charge in [0.15, 0.2) is 11.6 Å². The molecule has 2 aromatic rings. The number of carbonyl (C=O) groups excluding carboxylic acids is 2. The summed E-state index contributed by atoms with van der Waals surface area (Å²) < 4.78 is 19.2. The third kappa shape index (κ3) is 3.48. The van der Waals surface area contributed by atoms with E-state index >= 15 is 0 Å². The summed E-state index contributed by atoms with van der Waals surface area (Å²) in [5, 5.41) is 0. The quantitative estimate of drug-likeness (QED) is 0.857. The molecule has 0 aliphatic rings. The summed E-state index contributed by atoms with van der Waals surface area (Å²) in [6, 6.07) is 8.58. The van der Waals surface area contributed by atoms with Crippen LogP contribution in [0, 0.1) is 5.82 Å². The number of primary amides is 2. The molecule has 0 aromatic heterocycles. The van der Waals surface area contributed by atoms with Gasteiger partial charge in [-0.1, -0.05) is 19.1 Å². The van der Waals surface area contributed by atoms with Gasteiger partial charge in [-0.05, 0) is 36.2 Å². The molecule has 2 amide bonds. The van der Waals surface area contributed by atoms with E-state index in [-0.39, 0.29) is 22.4 Å². The van der Waals surface area contributed by atoms with Crippen LogP contribution in [0.5, 0.6) is 5.75 Å². The van der Waals surface area contributed by atoms with Gasteiger partial charge in [0.1, 0.15) is 0 Å². The number of benzene rings is 2. The maximum Gasteiger partial charge on any atom is 0.249 e. The lowest BCUT2D eigenvalue weighted by Gasteiger charge is -2.13. The van der Waals surface area contributed by atoms with Crippen molar-refractivity contribution in [1.29, 1.82) is 0 Å². The Labute approximate surface area is 133 Å². The molecule has 2 aromatic carbocycles. The molecule has 0 unspecified atom stereocenters. The van der Waals surface area contributed by atoms with Gasteiger partial charge in [-0.3, -0.25) is 9.59 Å². The predicted octanol–water partition coefficient (Wildman–Crippen LogP) is 2.48. The molecule has 0 saturated carbocycles. The largest absolute Gasteiger partial charge is 0.491 e. The van der Waals surface area contributed by atoms with E-state index in [2.05, 4.69) is 0 Å². The molecule has 0 radical (unpaired) electrons. The lowest BCUT2D eigenvalue weighted by molar-refractivity contribution is 0.0999. The maximum atomic E-state index is 13.8. The zero-order valence-electron chi connectivity index (χ0n) is 12.6. The number of halogens is 1. The number of hydrogen-bond acceptors (Lipinski definition) is 3. The number of ether oxygens (including phenoxy) is 1. The minimum absolute atomic E-state index is 0.0408. The lowest BCUT2D eigenvalue weighted by Crippen LogP contribution is -2.18. The van der Waals surface area contributed by atoms with E-state index in [1.807, 2.05) is 6.92 Å². The lowest BCUT2D eigenvalue weighted by atomic mass is 9.93. The average molecular weight is 316 g/mol. The normalized spacial score (nSPS) is 10.3. The van der Waals surface area contributed by atoms with Crippen molar-refractivity contribution in [3.8, 4) is 16.9 Å². The molecule has 0 spiro atoms. The fourth-order valence-corrected chi connectivity index (χ4v) is 2.26. The van der Waals surface area contributed by atoms with Crippen LogP contribution in [0.3, 0.4) is 0 Å². The van der Waals surface area contributed by atoms with Crippen LogP contribution in [0.1, 0.15) is 34.1 Å². The molecule has 5 nitrogen and oxygen atoms in total. The van der Waals surface area contributed by atoms with E-state index in [1.165, 1.54) is 36.4 Å². The van der Waals surface area contributed by atoms with Crippen LogP contribution >= 0.6 is 0 Å². The number of nitrogens with two attached hydrogens (primary N) is 2. The van der Waals surface area contributed by atoms with E-state index in [9.17, 15) is 14.0 Å². The Morgan fingerprint density at radius 3 is 2.22 bits per heavy atom. The topological polar surface area (TPSA) is 95.4 Å². The summed E-state index contributed by atoms with van der Waals surface area (Å²) in [5.74, 6) is -1.90. The summed E-state index contributed by atoms with van der Waals surface area (Å²) in [6.45, 7) is 2.25. The van der Waals surface area contributed by atoms with Gasteiger partial charge in [0.05, 0.1) is 6.61 Å². The molecule has 0 aliphatic heterocycles. The molecular weight excluding hydrogens is 299 g/mol. The molecule has 0 saturated heterocycles. The Hall–Kier alpha value is -2.89. The highest BCUT2D eigenvalue weighted by Crippen LogP contribution is 2.31. The summed E-state index contributed by atoms with van der Waals surface area (Å²) >= 11 is 0. The van der Waals surface area contributed by atoms with Crippen LogP contribution in [0.2, 0.25) is 0 Å². The van der Waals surface area contributed by atoms with E-state index in [0.29, 0.717) is 18.6 Å². The molecule has 4 N–H and O–H groups in total. The molecule has 6 heteroatoms. The Morgan fingerprint density at radius 2 is 1.70 bits per heavy atom. The molecule has 2 rings (SSSR count). The smallest absolute Gasteiger partial charge is 0.249 e. The monoisotopic (exact) mass is 316 g/mol. The van der Waals surface area contributed by atoms with Crippen LogP contribution in [0.4, 0.5) is 4.39 Å². The Balaban J connectivity index is 2.65. The van der Waals surface area contributed by atoms with E-state index in [0.717, 1.165) is 0 Å². The van der Waals surface area contributed by atoms with Crippen molar-refractivity contribution in [3.05, 3.63) is 53.3 Å². The highest BCUT2D eigenvalue weighted by Gasteiger charge is 2.19. The first kappa shape index (κ1) is 16.5. The Bertz CT molecular complexity index is 727. The first-order valence-electron chi connectivity index (χ1n) is 7.11. The fraction of sp³-hybridized carbons (Fsp3) is 0.176. The van der Waals surface area contributed by atoms with Gasteiger partial charge in [-0.15, -0.1) is 0 Å². The van der Waals surface area contributed by atoms with Gasteiger partial charge in [-0.25, -0.2) is 4.39 Å². The third-order valence-electron chi connectivity index (χ3n) is 3.28. The zero-order valence-corrected chi connectivity index (χ0v) is 12.6. The van der Waals surface area contributed by atoms with Crippen molar-refractivity contribution < 1.29 is 18.7 Å². The Kier molecular flexibility index (Phi) is 4.95. The molecular formula is C17H17FN2O3. The second-order valence-corrected chi connectivity index (χ2v) is 4.95. The van der Waals surface area contributed by atoms with Crippen LogP contribution in [0.15, 0.2) is 36.4 Å². The minimum Gasteiger partial charge on any atom is -0.491 e. The van der Waals surface area contributed by atoms with E-state index in [1.54, 1.807) is 0 Å². The van der Waals surface area contributed by atoms with Crippen molar-refractivity contribution in [2.75, 3.05) is 6.61 Å². The number of carbonyl (C=O) groups is 2. The third-order valence-corrected chi connectivity index (χ3v) is 3.28. The van der Waals surface area contributed by atoms with Gasteiger partial charge >= 0.3 is 0 Å². The fourth-order valence-electron chi connectivity index (χ4n) is 2.26. The molecule has 120 valence electrons. The summed E-state index contributed by atoms with van der Waals surface area (Å²) in [7, 11) is 0.